The molecule has 0 saturated carbocycles. The zero-order chi connectivity index (χ0) is 13.5. The van der Waals surface area contributed by atoms with E-state index in [1.807, 2.05) is 13.0 Å². The van der Waals surface area contributed by atoms with Gasteiger partial charge >= 0.3 is 0 Å². The second-order valence-corrected chi connectivity index (χ2v) is 3.79. The second-order valence-electron chi connectivity index (χ2n) is 3.79. The van der Waals surface area contributed by atoms with E-state index in [4.69, 9.17) is 10.00 Å². The molecular weight excluding hydrogens is 235 g/mol. The van der Waals surface area contributed by atoms with Crippen LogP contribution in [0.4, 0.5) is 4.39 Å². The molecular formula is C13H15FN2O2. The number of hydrogen-bond donors (Lipinski definition) is 1. The number of amides is 1. The molecule has 1 aromatic carbocycles. The molecule has 1 atom stereocenters. The van der Waals surface area contributed by atoms with Gasteiger partial charge in [0.1, 0.15) is 6.04 Å². The highest BCUT2D eigenvalue weighted by Gasteiger charge is 2.14. The summed E-state index contributed by atoms with van der Waals surface area (Å²) in [6.07, 6.45) is 1.38. The summed E-state index contributed by atoms with van der Waals surface area (Å²) in [6.45, 7) is 1.93. The van der Waals surface area contributed by atoms with Crippen molar-refractivity contribution >= 4 is 5.91 Å². The van der Waals surface area contributed by atoms with Crippen LogP contribution in [0.1, 0.15) is 30.1 Å². The number of nitrogens with one attached hydrogen (secondary N) is 1. The summed E-state index contributed by atoms with van der Waals surface area (Å²) in [5.74, 6) is -0.931. The predicted molar refractivity (Wildman–Crippen MR) is 64.7 cm³/mol. The number of methoxy groups -OCH3 is 1. The molecule has 0 bridgehead atoms. The van der Waals surface area contributed by atoms with Crippen LogP contribution in [-0.4, -0.2) is 19.1 Å². The molecule has 0 spiro atoms. The quantitative estimate of drug-likeness (QED) is 0.871. The van der Waals surface area contributed by atoms with Crippen LogP contribution < -0.4 is 10.1 Å². The topological polar surface area (TPSA) is 62.1 Å². The van der Waals surface area contributed by atoms with Gasteiger partial charge in [-0.3, -0.25) is 4.79 Å². The first-order valence-electron chi connectivity index (χ1n) is 5.66. The van der Waals surface area contributed by atoms with Crippen LogP contribution in [0.3, 0.4) is 0 Å². The number of ether oxygens (including phenoxy) is 1. The summed E-state index contributed by atoms with van der Waals surface area (Å²) in [5.41, 5.74) is 0.268. The molecule has 1 amide bonds. The van der Waals surface area contributed by atoms with Crippen molar-refractivity contribution in [3.05, 3.63) is 29.6 Å². The molecule has 0 aliphatic rings. The fraction of sp³-hybridized carbons (Fsp3) is 0.385. The van der Waals surface area contributed by atoms with E-state index in [1.54, 1.807) is 0 Å². The van der Waals surface area contributed by atoms with Crippen molar-refractivity contribution < 1.29 is 13.9 Å². The van der Waals surface area contributed by atoms with E-state index in [1.165, 1.54) is 19.2 Å². The molecule has 0 saturated heterocycles. The molecule has 4 nitrogen and oxygen atoms in total. The molecule has 1 aromatic rings. The summed E-state index contributed by atoms with van der Waals surface area (Å²) in [6, 6.07) is 5.30. The Morgan fingerprint density at radius 2 is 2.33 bits per heavy atom. The fourth-order valence-corrected chi connectivity index (χ4v) is 1.50. The van der Waals surface area contributed by atoms with Crippen molar-refractivity contribution in [3.63, 3.8) is 0 Å². The van der Waals surface area contributed by atoms with Crippen LogP contribution in [0.15, 0.2) is 18.2 Å². The van der Waals surface area contributed by atoms with Crippen molar-refractivity contribution in [2.45, 2.75) is 25.8 Å². The van der Waals surface area contributed by atoms with Crippen LogP contribution in [0, 0.1) is 17.1 Å². The zero-order valence-electron chi connectivity index (χ0n) is 10.4. The van der Waals surface area contributed by atoms with Gasteiger partial charge < -0.3 is 10.1 Å². The summed E-state index contributed by atoms with van der Waals surface area (Å²) >= 11 is 0. The molecule has 0 heterocycles. The Morgan fingerprint density at radius 3 is 2.89 bits per heavy atom. The number of benzene rings is 1. The first-order chi connectivity index (χ1) is 8.62. The van der Waals surface area contributed by atoms with Gasteiger partial charge in [-0.1, -0.05) is 13.3 Å². The number of carbonyl (C=O) groups excluding carboxylic acids is 1. The standard InChI is InChI=1S/C13H15FN2O2/c1-3-4-10(8-15)16-13(17)9-5-6-11(14)12(7-9)18-2/h5-7,10H,3-4H2,1-2H3,(H,16,17). The lowest BCUT2D eigenvalue weighted by Crippen LogP contribution is -2.33. The Kier molecular flexibility index (Phi) is 5.12. The zero-order valence-corrected chi connectivity index (χ0v) is 10.4. The summed E-state index contributed by atoms with van der Waals surface area (Å²) in [4.78, 5) is 11.8. The summed E-state index contributed by atoms with van der Waals surface area (Å²) in [7, 11) is 1.33. The minimum atomic E-state index is -0.529. The van der Waals surface area contributed by atoms with Crippen molar-refractivity contribution in [2.24, 2.45) is 0 Å². The highest BCUT2D eigenvalue weighted by atomic mass is 19.1. The van der Waals surface area contributed by atoms with Crippen molar-refractivity contribution in [1.29, 1.82) is 5.26 Å². The molecule has 1 rings (SSSR count). The van der Waals surface area contributed by atoms with Gasteiger partial charge in [0.15, 0.2) is 11.6 Å². The minimum Gasteiger partial charge on any atom is -0.494 e. The highest BCUT2D eigenvalue weighted by Crippen LogP contribution is 2.18. The minimum absolute atomic E-state index is 0.00616. The molecule has 1 unspecified atom stereocenters. The SMILES string of the molecule is CCCC(C#N)NC(=O)c1ccc(F)c(OC)c1. The van der Waals surface area contributed by atoms with Gasteiger partial charge in [-0.05, 0) is 24.6 Å². The molecule has 1 N–H and O–H groups in total. The molecule has 0 aliphatic heterocycles. The number of halogens is 1. The van der Waals surface area contributed by atoms with Gasteiger partial charge in [-0.15, -0.1) is 0 Å². The predicted octanol–water partition coefficient (Wildman–Crippen LogP) is 2.26. The van der Waals surface area contributed by atoms with Crippen LogP contribution in [0.5, 0.6) is 5.75 Å². The number of nitrogens with zero attached hydrogens (tertiary/aromatic N) is 1. The molecule has 0 aromatic heterocycles. The van der Waals surface area contributed by atoms with Gasteiger partial charge in [0.05, 0.1) is 13.2 Å². The van der Waals surface area contributed by atoms with Crippen LogP contribution >= 0.6 is 0 Å². The van der Waals surface area contributed by atoms with Crippen LogP contribution in [0.25, 0.3) is 0 Å². The molecule has 0 radical (unpaired) electrons. The van der Waals surface area contributed by atoms with Crippen LogP contribution in [-0.2, 0) is 0 Å². The van der Waals surface area contributed by atoms with Crippen molar-refractivity contribution in [1.82, 2.24) is 5.32 Å². The van der Waals surface area contributed by atoms with Crippen molar-refractivity contribution in [3.8, 4) is 11.8 Å². The third-order valence-corrected chi connectivity index (χ3v) is 2.45. The average molecular weight is 250 g/mol. The Hall–Kier alpha value is -2.09. The van der Waals surface area contributed by atoms with Gasteiger partial charge in [-0.2, -0.15) is 5.26 Å². The molecule has 18 heavy (non-hydrogen) atoms. The Morgan fingerprint density at radius 1 is 1.61 bits per heavy atom. The van der Waals surface area contributed by atoms with E-state index < -0.39 is 17.8 Å². The number of hydrogen-bond acceptors (Lipinski definition) is 3. The maximum absolute atomic E-state index is 13.2. The third kappa shape index (κ3) is 3.45. The van der Waals surface area contributed by atoms with Crippen molar-refractivity contribution in [2.75, 3.05) is 7.11 Å². The molecule has 96 valence electrons. The molecule has 5 heteroatoms. The number of carbonyl (C=O) groups is 1. The Balaban J connectivity index is 2.81. The first kappa shape index (κ1) is 14.0. The average Bonchev–Trinajstić information content (AvgIpc) is 2.38. The lowest BCUT2D eigenvalue weighted by molar-refractivity contribution is 0.0943. The van der Waals surface area contributed by atoms with Gasteiger partial charge in [0.25, 0.3) is 5.91 Å². The van der Waals surface area contributed by atoms with E-state index in [2.05, 4.69) is 5.32 Å². The van der Waals surface area contributed by atoms with Gasteiger partial charge in [-0.25, -0.2) is 4.39 Å². The Bertz CT molecular complexity index is 469. The lowest BCUT2D eigenvalue weighted by Gasteiger charge is -2.11. The summed E-state index contributed by atoms with van der Waals surface area (Å²) in [5, 5.41) is 11.4. The van der Waals surface area contributed by atoms with Gasteiger partial charge in [0, 0.05) is 5.56 Å². The number of nitriles is 1. The van der Waals surface area contributed by atoms with Crippen LogP contribution in [0.2, 0.25) is 0 Å². The maximum atomic E-state index is 13.2. The van der Waals surface area contributed by atoms with Gasteiger partial charge in [0.2, 0.25) is 0 Å². The third-order valence-electron chi connectivity index (χ3n) is 2.45. The van der Waals surface area contributed by atoms with E-state index in [0.29, 0.717) is 6.42 Å². The Labute approximate surface area is 105 Å². The van der Waals surface area contributed by atoms with E-state index in [-0.39, 0.29) is 11.3 Å². The molecule has 0 fully saturated rings. The first-order valence-corrected chi connectivity index (χ1v) is 5.66. The summed E-state index contributed by atoms with van der Waals surface area (Å²) < 4.78 is 18.0. The number of rotatable bonds is 5. The smallest absolute Gasteiger partial charge is 0.252 e. The van der Waals surface area contributed by atoms with E-state index in [0.717, 1.165) is 12.5 Å². The lowest BCUT2D eigenvalue weighted by atomic mass is 10.1. The van der Waals surface area contributed by atoms with E-state index >= 15 is 0 Å². The fourth-order valence-electron chi connectivity index (χ4n) is 1.50. The highest BCUT2D eigenvalue weighted by molar-refractivity contribution is 5.94. The van der Waals surface area contributed by atoms with E-state index in [9.17, 15) is 9.18 Å². The second kappa shape index (κ2) is 6.60. The largest absolute Gasteiger partial charge is 0.494 e. The molecule has 0 aliphatic carbocycles. The monoisotopic (exact) mass is 250 g/mol. The normalized spacial score (nSPS) is 11.4. The maximum Gasteiger partial charge on any atom is 0.252 e.